The molecule has 1 N–H and O–H groups in total. The molecule has 0 aliphatic heterocycles. The van der Waals surface area contributed by atoms with Gasteiger partial charge >= 0.3 is 11.9 Å². The number of aliphatic hydroxyl groups excluding tert-OH is 1. The third-order valence-electron chi connectivity index (χ3n) is 6.06. The Labute approximate surface area is 210 Å². The minimum absolute atomic E-state index is 0.0658. The summed E-state index contributed by atoms with van der Waals surface area (Å²) in [6.07, 6.45) is 25.5. The van der Waals surface area contributed by atoms with Gasteiger partial charge in [-0.3, -0.25) is 9.59 Å². The smallest absolute Gasteiger partial charge is 0.306 e. The molecule has 0 saturated carbocycles. The average Bonchev–Trinajstić information content (AvgIpc) is 2.84. The van der Waals surface area contributed by atoms with Crippen LogP contribution in [0.5, 0.6) is 0 Å². The number of hydrogen-bond donors (Lipinski definition) is 1. The van der Waals surface area contributed by atoms with Crippen molar-refractivity contribution in [1.82, 2.24) is 0 Å². The highest BCUT2D eigenvalue weighted by atomic mass is 16.6. The van der Waals surface area contributed by atoms with Crippen molar-refractivity contribution in [3.8, 4) is 0 Å². The van der Waals surface area contributed by atoms with E-state index in [1.807, 2.05) is 0 Å². The predicted molar refractivity (Wildman–Crippen MR) is 141 cm³/mol. The first kappa shape index (κ1) is 32.6. The lowest BCUT2D eigenvalue weighted by Gasteiger charge is -2.15. The van der Waals surface area contributed by atoms with Gasteiger partial charge in [-0.05, 0) is 38.5 Å². The standard InChI is InChI=1S/C29H54O5/c1-3-5-7-9-11-12-13-14-15-16-18-20-22-24-29(32)34-27(25-30)26-33-28(31)23-21-19-17-10-8-6-4-2/h12-13,27,30H,3-11,14-26H2,1-2H3/b13-12+/t27-/m0/s1. The van der Waals surface area contributed by atoms with Crippen molar-refractivity contribution in [2.24, 2.45) is 0 Å². The number of carbonyl (C=O) groups is 2. The van der Waals surface area contributed by atoms with E-state index in [1.165, 1.54) is 70.6 Å². The summed E-state index contributed by atoms with van der Waals surface area (Å²) in [5.41, 5.74) is 0. The normalized spacial score (nSPS) is 12.2. The van der Waals surface area contributed by atoms with Gasteiger partial charge < -0.3 is 14.6 Å². The van der Waals surface area contributed by atoms with Crippen LogP contribution in [0.15, 0.2) is 12.2 Å². The van der Waals surface area contributed by atoms with Gasteiger partial charge in [0.15, 0.2) is 6.10 Å². The maximum atomic E-state index is 12.0. The van der Waals surface area contributed by atoms with Crippen LogP contribution >= 0.6 is 0 Å². The zero-order chi connectivity index (χ0) is 25.1. The van der Waals surface area contributed by atoms with Gasteiger partial charge in [0.25, 0.3) is 0 Å². The highest BCUT2D eigenvalue weighted by Crippen LogP contribution is 2.11. The summed E-state index contributed by atoms with van der Waals surface area (Å²) in [7, 11) is 0. The Balaban J connectivity index is 3.62. The predicted octanol–water partition coefficient (Wildman–Crippen LogP) is 7.83. The van der Waals surface area contributed by atoms with Crippen LogP contribution < -0.4 is 0 Å². The Morgan fingerprint density at radius 1 is 0.647 bits per heavy atom. The average molecular weight is 483 g/mol. The number of ether oxygens (including phenoxy) is 2. The van der Waals surface area contributed by atoms with Crippen molar-refractivity contribution in [2.75, 3.05) is 13.2 Å². The molecule has 0 amide bonds. The van der Waals surface area contributed by atoms with Crippen LogP contribution in [0, 0.1) is 0 Å². The molecular weight excluding hydrogens is 428 g/mol. The molecule has 0 aromatic heterocycles. The van der Waals surface area contributed by atoms with Crippen molar-refractivity contribution < 1.29 is 24.2 Å². The Bertz CT molecular complexity index is 489. The van der Waals surface area contributed by atoms with Gasteiger partial charge in [0.05, 0.1) is 6.61 Å². The topological polar surface area (TPSA) is 72.8 Å². The van der Waals surface area contributed by atoms with Gasteiger partial charge in [0, 0.05) is 12.8 Å². The van der Waals surface area contributed by atoms with Crippen molar-refractivity contribution in [3.63, 3.8) is 0 Å². The Morgan fingerprint density at radius 2 is 1.09 bits per heavy atom. The Morgan fingerprint density at radius 3 is 1.62 bits per heavy atom. The molecule has 0 radical (unpaired) electrons. The molecule has 5 heteroatoms. The summed E-state index contributed by atoms with van der Waals surface area (Å²) >= 11 is 0. The SMILES string of the molecule is CCCCCC/C=C/CCCCCCCC(=O)O[C@@H](CO)COC(=O)CCCCCCCCC. The number of carbonyl (C=O) groups excluding carboxylic acids is 2. The van der Waals surface area contributed by atoms with E-state index < -0.39 is 6.10 Å². The summed E-state index contributed by atoms with van der Waals surface area (Å²) in [5.74, 6) is -0.609. The fourth-order valence-corrected chi connectivity index (χ4v) is 3.84. The minimum Gasteiger partial charge on any atom is -0.462 e. The number of unbranched alkanes of at least 4 members (excludes halogenated alkanes) is 15. The van der Waals surface area contributed by atoms with E-state index in [9.17, 15) is 14.7 Å². The zero-order valence-corrected chi connectivity index (χ0v) is 22.4. The lowest BCUT2D eigenvalue weighted by atomic mass is 10.1. The molecule has 200 valence electrons. The first-order chi connectivity index (χ1) is 16.6. The summed E-state index contributed by atoms with van der Waals surface area (Å²) < 4.78 is 10.4. The van der Waals surface area contributed by atoms with Crippen LogP contribution in [0.2, 0.25) is 0 Å². The molecule has 0 heterocycles. The Hall–Kier alpha value is -1.36. The van der Waals surface area contributed by atoms with Crippen LogP contribution in [-0.4, -0.2) is 36.4 Å². The maximum absolute atomic E-state index is 12.0. The molecule has 0 unspecified atom stereocenters. The molecule has 1 atom stereocenters. The van der Waals surface area contributed by atoms with E-state index in [1.54, 1.807) is 0 Å². The lowest BCUT2D eigenvalue weighted by Crippen LogP contribution is -2.28. The molecule has 0 fully saturated rings. The highest BCUT2D eigenvalue weighted by molar-refractivity contribution is 5.70. The van der Waals surface area contributed by atoms with Crippen molar-refractivity contribution in [1.29, 1.82) is 0 Å². The molecule has 0 bridgehead atoms. The second-order valence-corrected chi connectivity index (χ2v) is 9.48. The summed E-state index contributed by atoms with van der Waals surface area (Å²) in [6, 6.07) is 0. The van der Waals surface area contributed by atoms with E-state index >= 15 is 0 Å². The number of hydrogen-bond acceptors (Lipinski definition) is 5. The van der Waals surface area contributed by atoms with E-state index in [0.717, 1.165) is 44.9 Å². The molecule has 0 aliphatic rings. The molecule has 0 aromatic rings. The van der Waals surface area contributed by atoms with E-state index in [0.29, 0.717) is 12.8 Å². The molecule has 34 heavy (non-hydrogen) atoms. The van der Waals surface area contributed by atoms with Gasteiger partial charge in [-0.15, -0.1) is 0 Å². The van der Waals surface area contributed by atoms with E-state index in [2.05, 4.69) is 26.0 Å². The molecule has 5 nitrogen and oxygen atoms in total. The van der Waals surface area contributed by atoms with Crippen LogP contribution in [-0.2, 0) is 19.1 Å². The van der Waals surface area contributed by atoms with Crippen molar-refractivity contribution in [2.45, 2.75) is 148 Å². The van der Waals surface area contributed by atoms with E-state index in [-0.39, 0.29) is 25.2 Å². The molecule has 0 spiro atoms. The van der Waals surface area contributed by atoms with Crippen LogP contribution in [0.3, 0.4) is 0 Å². The summed E-state index contributed by atoms with van der Waals surface area (Å²) in [6.45, 7) is 4.04. The van der Waals surface area contributed by atoms with E-state index in [4.69, 9.17) is 9.47 Å². The number of esters is 2. The largest absolute Gasteiger partial charge is 0.462 e. The van der Waals surface area contributed by atoms with Crippen LogP contribution in [0.1, 0.15) is 142 Å². The minimum atomic E-state index is -0.765. The molecule has 0 saturated heterocycles. The van der Waals surface area contributed by atoms with Crippen molar-refractivity contribution in [3.05, 3.63) is 12.2 Å². The van der Waals surface area contributed by atoms with Gasteiger partial charge in [0.2, 0.25) is 0 Å². The lowest BCUT2D eigenvalue weighted by molar-refractivity contribution is -0.161. The molecule has 0 aromatic carbocycles. The maximum Gasteiger partial charge on any atom is 0.306 e. The number of rotatable bonds is 25. The van der Waals surface area contributed by atoms with Crippen LogP contribution in [0.4, 0.5) is 0 Å². The quantitative estimate of drug-likeness (QED) is 0.0815. The Kier molecular flexibility index (Phi) is 25.2. The molecule has 0 rings (SSSR count). The highest BCUT2D eigenvalue weighted by Gasteiger charge is 2.16. The molecule has 0 aliphatic carbocycles. The fourth-order valence-electron chi connectivity index (χ4n) is 3.84. The fraction of sp³-hybridized carbons (Fsp3) is 0.862. The second-order valence-electron chi connectivity index (χ2n) is 9.48. The second kappa shape index (κ2) is 26.2. The molecular formula is C29H54O5. The summed E-state index contributed by atoms with van der Waals surface area (Å²) in [4.78, 5) is 23.8. The third-order valence-corrected chi connectivity index (χ3v) is 6.06. The monoisotopic (exact) mass is 482 g/mol. The number of aliphatic hydroxyl groups is 1. The summed E-state index contributed by atoms with van der Waals surface area (Å²) in [5, 5.41) is 9.41. The van der Waals surface area contributed by atoms with Gasteiger partial charge in [-0.25, -0.2) is 0 Å². The van der Waals surface area contributed by atoms with Crippen LogP contribution in [0.25, 0.3) is 0 Å². The zero-order valence-electron chi connectivity index (χ0n) is 22.4. The van der Waals surface area contributed by atoms with Gasteiger partial charge in [-0.1, -0.05) is 103 Å². The first-order valence-electron chi connectivity index (χ1n) is 14.2. The first-order valence-corrected chi connectivity index (χ1v) is 14.2. The number of allylic oxidation sites excluding steroid dienone is 2. The van der Waals surface area contributed by atoms with Crippen molar-refractivity contribution >= 4 is 11.9 Å². The van der Waals surface area contributed by atoms with Gasteiger partial charge in [0.1, 0.15) is 6.61 Å². The van der Waals surface area contributed by atoms with Gasteiger partial charge in [-0.2, -0.15) is 0 Å². The third kappa shape index (κ3) is 23.8.